The summed E-state index contributed by atoms with van der Waals surface area (Å²) in [5.41, 5.74) is 0. The highest BCUT2D eigenvalue weighted by Crippen LogP contribution is 2.23. The minimum atomic E-state index is 0.243. The summed E-state index contributed by atoms with van der Waals surface area (Å²) in [5.74, 6) is 1.93. The number of amides is 1. The average Bonchev–Trinajstić information content (AvgIpc) is 2.15. The molecule has 1 saturated heterocycles. The smallest absolute Gasteiger partial charge is 0.219 e. The van der Waals surface area contributed by atoms with Crippen LogP contribution in [0.4, 0.5) is 0 Å². The lowest BCUT2D eigenvalue weighted by Gasteiger charge is -2.31. The van der Waals surface area contributed by atoms with Crippen LogP contribution in [0, 0.1) is 11.8 Å². The number of carbonyl (C=O) groups excluding carboxylic acids is 1. The summed E-state index contributed by atoms with van der Waals surface area (Å²) in [5, 5.41) is 0. The molecule has 82 valence electrons. The van der Waals surface area contributed by atoms with Gasteiger partial charge in [-0.15, -0.1) is 0 Å². The number of hydrogen-bond acceptors (Lipinski definition) is 1. The van der Waals surface area contributed by atoms with Crippen LogP contribution in [0.5, 0.6) is 0 Å². The largest absolute Gasteiger partial charge is 0.343 e. The molecule has 0 atom stereocenters. The Morgan fingerprint density at radius 2 is 1.93 bits per heavy atom. The normalized spacial score (nSPS) is 19.0. The maximum Gasteiger partial charge on any atom is 0.219 e. The molecule has 0 aromatic carbocycles. The summed E-state index contributed by atoms with van der Waals surface area (Å²) in [4.78, 5) is 13.1. The van der Waals surface area contributed by atoms with Crippen molar-refractivity contribution in [2.24, 2.45) is 11.8 Å². The molecule has 2 nitrogen and oxygen atoms in total. The van der Waals surface area contributed by atoms with Gasteiger partial charge in [0, 0.05) is 20.0 Å². The van der Waals surface area contributed by atoms with E-state index in [0.29, 0.717) is 0 Å². The lowest BCUT2D eigenvalue weighted by molar-refractivity contribution is -0.130. The predicted octanol–water partition coefficient (Wildman–Crippen LogP) is 2.68. The SMILES string of the molecule is CC(=O)N1CCC(CCC(C)C)CC1. The van der Waals surface area contributed by atoms with Gasteiger partial charge in [-0.2, -0.15) is 0 Å². The fraction of sp³-hybridized carbons (Fsp3) is 0.917. The molecule has 0 radical (unpaired) electrons. The molecular weight excluding hydrogens is 174 g/mol. The van der Waals surface area contributed by atoms with E-state index in [2.05, 4.69) is 13.8 Å². The second kappa shape index (κ2) is 5.38. The van der Waals surface area contributed by atoms with E-state index in [1.54, 1.807) is 6.92 Å². The van der Waals surface area contributed by atoms with Crippen molar-refractivity contribution in [3.05, 3.63) is 0 Å². The highest BCUT2D eigenvalue weighted by Gasteiger charge is 2.20. The van der Waals surface area contributed by atoms with E-state index in [4.69, 9.17) is 0 Å². The third-order valence-corrected chi connectivity index (χ3v) is 3.21. The molecule has 0 aromatic heterocycles. The Hall–Kier alpha value is -0.530. The highest BCUT2D eigenvalue weighted by molar-refractivity contribution is 5.73. The topological polar surface area (TPSA) is 20.3 Å². The van der Waals surface area contributed by atoms with Crippen LogP contribution < -0.4 is 0 Å². The van der Waals surface area contributed by atoms with Crippen molar-refractivity contribution >= 4 is 5.91 Å². The van der Waals surface area contributed by atoms with Crippen LogP contribution in [0.25, 0.3) is 0 Å². The average molecular weight is 197 g/mol. The summed E-state index contributed by atoms with van der Waals surface area (Å²) in [6, 6.07) is 0. The van der Waals surface area contributed by atoms with Gasteiger partial charge in [0.25, 0.3) is 0 Å². The van der Waals surface area contributed by atoms with Crippen molar-refractivity contribution in [1.82, 2.24) is 4.90 Å². The first-order valence-electron chi connectivity index (χ1n) is 5.85. The van der Waals surface area contributed by atoms with Gasteiger partial charge in [0.1, 0.15) is 0 Å². The van der Waals surface area contributed by atoms with Gasteiger partial charge in [-0.3, -0.25) is 4.79 Å². The van der Waals surface area contributed by atoms with Gasteiger partial charge in [0.05, 0.1) is 0 Å². The van der Waals surface area contributed by atoms with Gasteiger partial charge in [-0.05, 0) is 24.7 Å². The van der Waals surface area contributed by atoms with Crippen molar-refractivity contribution in [2.45, 2.75) is 46.5 Å². The third kappa shape index (κ3) is 3.69. The molecule has 1 aliphatic heterocycles. The number of rotatable bonds is 3. The van der Waals surface area contributed by atoms with Crippen LogP contribution in [0.1, 0.15) is 46.5 Å². The molecule has 0 saturated carbocycles. The predicted molar refractivity (Wildman–Crippen MR) is 59.1 cm³/mol. The Morgan fingerprint density at radius 3 is 2.36 bits per heavy atom. The van der Waals surface area contributed by atoms with Gasteiger partial charge >= 0.3 is 0 Å². The van der Waals surface area contributed by atoms with E-state index in [0.717, 1.165) is 24.9 Å². The summed E-state index contributed by atoms with van der Waals surface area (Å²) in [7, 11) is 0. The Morgan fingerprint density at radius 1 is 1.36 bits per heavy atom. The number of hydrogen-bond donors (Lipinski definition) is 0. The van der Waals surface area contributed by atoms with Crippen LogP contribution in [-0.4, -0.2) is 23.9 Å². The summed E-state index contributed by atoms with van der Waals surface area (Å²) >= 11 is 0. The van der Waals surface area contributed by atoms with Crippen LogP contribution in [0.2, 0.25) is 0 Å². The molecule has 0 spiro atoms. The number of carbonyl (C=O) groups is 1. The molecule has 1 fully saturated rings. The monoisotopic (exact) mass is 197 g/mol. The van der Waals surface area contributed by atoms with E-state index in [1.807, 2.05) is 4.90 Å². The van der Waals surface area contributed by atoms with E-state index >= 15 is 0 Å². The molecular formula is C12H23NO. The Kier molecular flexibility index (Phi) is 4.43. The summed E-state index contributed by atoms with van der Waals surface area (Å²) < 4.78 is 0. The number of likely N-dealkylation sites (tertiary alicyclic amines) is 1. The van der Waals surface area contributed by atoms with Crippen LogP contribution in [-0.2, 0) is 4.79 Å². The summed E-state index contributed by atoms with van der Waals surface area (Å²) in [6.07, 6.45) is 5.12. The van der Waals surface area contributed by atoms with Gasteiger partial charge in [-0.1, -0.05) is 26.7 Å². The molecule has 1 heterocycles. The number of nitrogens with zero attached hydrogens (tertiary/aromatic N) is 1. The minimum absolute atomic E-state index is 0.243. The zero-order valence-electron chi connectivity index (χ0n) is 9.75. The lowest BCUT2D eigenvalue weighted by Crippen LogP contribution is -2.36. The van der Waals surface area contributed by atoms with Crippen molar-refractivity contribution < 1.29 is 4.79 Å². The maximum atomic E-state index is 11.1. The van der Waals surface area contributed by atoms with Crippen molar-refractivity contribution in [3.63, 3.8) is 0 Å². The summed E-state index contributed by atoms with van der Waals surface area (Å²) in [6.45, 7) is 8.21. The van der Waals surface area contributed by atoms with E-state index in [-0.39, 0.29) is 5.91 Å². The van der Waals surface area contributed by atoms with Crippen LogP contribution >= 0.6 is 0 Å². The molecule has 1 amide bonds. The first-order chi connectivity index (χ1) is 6.59. The standard InChI is InChI=1S/C12H23NO/c1-10(2)4-5-12-6-8-13(9-7-12)11(3)14/h10,12H,4-9H2,1-3H3. The first kappa shape index (κ1) is 11.5. The van der Waals surface area contributed by atoms with Gasteiger partial charge in [0.2, 0.25) is 5.91 Å². The maximum absolute atomic E-state index is 11.1. The molecule has 1 aliphatic rings. The molecule has 2 heteroatoms. The number of piperidine rings is 1. The Labute approximate surface area is 87.7 Å². The van der Waals surface area contributed by atoms with Gasteiger partial charge < -0.3 is 4.90 Å². The van der Waals surface area contributed by atoms with Crippen LogP contribution in [0.3, 0.4) is 0 Å². The molecule has 14 heavy (non-hydrogen) atoms. The molecule has 0 aliphatic carbocycles. The quantitative estimate of drug-likeness (QED) is 0.681. The fourth-order valence-corrected chi connectivity index (χ4v) is 2.11. The highest BCUT2D eigenvalue weighted by atomic mass is 16.2. The van der Waals surface area contributed by atoms with E-state index in [1.165, 1.54) is 25.7 Å². The van der Waals surface area contributed by atoms with Crippen LogP contribution in [0.15, 0.2) is 0 Å². The van der Waals surface area contributed by atoms with E-state index < -0.39 is 0 Å². The Balaban J connectivity index is 2.19. The van der Waals surface area contributed by atoms with Gasteiger partial charge in [0.15, 0.2) is 0 Å². The zero-order chi connectivity index (χ0) is 10.6. The third-order valence-electron chi connectivity index (χ3n) is 3.21. The second-order valence-electron chi connectivity index (χ2n) is 4.92. The fourth-order valence-electron chi connectivity index (χ4n) is 2.11. The second-order valence-corrected chi connectivity index (χ2v) is 4.92. The molecule has 1 rings (SSSR count). The van der Waals surface area contributed by atoms with E-state index in [9.17, 15) is 4.79 Å². The zero-order valence-corrected chi connectivity index (χ0v) is 9.75. The lowest BCUT2D eigenvalue weighted by atomic mass is 9.90. The van der Waals surface area contributed by atoms with Crippen molar-refractivity contribution in [1.29, 1.82) is 0 Å². The molecule has 0 aromatic rings. The Bertz CT molecular complexity index is 181. The molecule has 0 unspecified atom stereocenters. The van der Waals surface area contributed by atoms with Gasteiger partial charge in [-0.25, -0.2) is 0 Å². The van der Waals surface area contributed by atoms with Crippen molar-refractivity contribution in [3.8, 4) is 0 Å². The first-order valence-corrected chi connectivity index (χ1v) is 5.85. The minimum Gasteiger partial charge on any atom is -0.343 e. The molecule has 0 bridgehead atoms. The van der Waals surface area contributed by atoms with Crippen molar-refractivity contribution in [2.75, 3.05) is 13.1 Å². The molecule has 0 N–H and O–H groups in total.